The molecule has 13 heteroatoms. The number of amides is 1. The van der Waals surface area contributed by atoms with E-state index in [1.807, 2.05) is 22.8 Å². The molecule has 0 fully saturated rings. The molecule has 43 heavy (non-hydrogen) atoms. The van der Waals surface area contributed by atoms with Gasteiger partial charge < -0.3 is 30.0 Å². The summed E-state index contributed by atoms with van der Waals surface area (Å²) in [7, 11) is -4.86. The number of imidazole rings is 1. The zero-order chi connectivity index (χ0) is 31.0. The fraction of sp³-hybridized carbons (Fsp3) is 0.367. The standard InChI is InChI=1S/C30H38N5O7P/c1-3-5-12-25-34-27-28(35(25)19-21-10-6-11-24(29(21)37)42-43(38,39)40)22-14-13-20(18-23(22)33-30(27)31)9-7-16-41-17-8-15-32-26(36)4-2/h4,6,10-11,13-14,18,37H,2-3,5,7-9,12,15-17,19H2,1H3,(H2,31,33)(H,32,36)(H2,38,39,40). The first-order valence-electron chi connectivity index (χ1n) is 14.2. The lowest BCUT2D eigenvalue weighted by atomic mass is 10.1. The molecule has 2 aromatic heterocycles. The molecule has 0 atom stereocenters. The van der Waals surface area contributed by atoms with Gasteiger partial charge in [-0.2, -0.15) is 0 Å². The summed E-state index contributed by atoms with van der Waals surface area (Å²) in [5.74, 6) is 0.216. The summed E-state index contributed by atoms with van der Waals surface area (Å²) in [6.45, 7) is 7.37. The van der Waals surface area contributed by atoms with Gasteiger partial charge in [-0.3, -0.25) is 14.6 Å². The Balaban J connectivity index is 1.58. The van der Waals surface area contributed by atoms with Crippen LogP contribution in [-0.4, -0.2) is 55.1 Å². The van der Waals surface area contributed by atoms with Crippen molar-refractivity contribution in [3.05, 3.63) is 66.0 Å². The van der Waals surface area contributed by atoms with Gasteiger partial charge >= 0.3 is 7.82 Å². The van der Waals surface area contributed by atoms with Gasteiger partial charge in [-0.1, -0.05) is 44.2 Å². The largest absolute Gasteiger partial charge is 0.524 e. The Morgan fingerprint density at radius 3 is 2.67 bits per heavy atom. The minimum atomic E-state index is -4.86. The van der Waals surface area contributed by atoms with Crippen molar-refractivity contribution in [3.63, 3.8) is 0 Å². The number of aromatic hydroxyl groups is 1. The van der Waals surface area contributed by atoms with Crippen LogP contribution in [0.25, 0.3) is 21.9 Å². The van der Waals surface area contributed by atoms with Gasteiger partial charge in [-0.25, -0.2) is 14.5 Å². The summed E-state index contributed by atoms with van der Waals surface area (Å²) in [6.07, 6.45) is 6.07. The fourth-order valence-corrected chi connectivity index (χ4v) is 5.26. The number of para-hydroxylation sites is 1. The number of unbranched alkanes of at least 4 members (excludes halogenated alkanes) is 1. The lowest BCUT2D eigenvalue weighted by Crippen LogP contribution is -2.22. The maximum absolute atomic E-state index is 11.4. The van der Waals surface area contributed by atoms with Gasteiger partial charge in [-0.05, 0) is 49.5 Å². The van der Waals surface area contributed by atoms with Gasteiger partial charge in [0, 0.05) is 37.1 Å². The van der Waals surface area contributed by atoms with Gasteiger partial charge in [0.15, 0.2) is 17.3 Å². The number of nitrogen functional groups attached to an aromatic ring is 1. The van der Waals surface area contributed by atoms with Crippen LogP contribution in [0.1, 0.15) is 49.6 Å². The number of phosphoric ester groups is 1. The van der Waals surface area contributed by atoms with Crippen LogP contribution in [-0.2, 0) is 33.5 Å². The number of phenolic OH excluding ortho intramolecular Hbond substituents is 1. The molecular weight excluding hydrogens is 573 g/mol. The molecule has 2 heterocycles. The van der Waals surface area contributed by atoms with E-state index in [1.165, 1.54) is 12.1 Å². The Bertz CT molecular complexity index is 1650. The monoisotopic (exact) mass is 611 g/mol. The van der Waals surface area contributed by atoms with Crippen molar-refractivity contribution in [1.29, 1.82) is 0 Å². The average Bonchev–Trinajstić information content (AvgIpc) is 3.33. The first-order valence-corrected chi connectivity index (χ1v) is 15.8. The number of aryl methyl sites for hydroxylation is 2. The molecule has 230 valence electrons. The normalized spacial score (nSPS) is 11.7. The number of aromatic nitrogens is 3. The van der Waals surface area contributed by atoms with E-state index in [4.69, 9.17) is 15.5 Å². The molecule has 0 spiro atoms. The quantitative estimate of drug-likeness (QED) is 0.0693. The van der Waals surface area contributed by atoms with Crippen LogP contribution in [0.4, 0.5) is 5.82 Å². The lowest BCUT2D eigenvalue weighted by molar-refractivity contribution is -0.116. The molecule has 4 aromatic rings. The second-order valence-electron chi connectivity index (χ2n) is 10.2. The average molecular weight is 612 g/mol. The van der Waals surface area contributed by atoms with Gasteiger partial charge in [0.2, 0.25) is 5.91 Å². The zero-order valence-corrected chi connectivity index (χ0v) is 25.1. The van der Waals surface area contributed by atoms with Crippen molar-refractivity contribution in [2.45, 2.75) is 52.0 Å². The Labute approximate surface area is 249 Å². The number of benzene rings is 2. The van der Waals surface area contributed by atoms with E-state index >= 15 is 0 Å². The number of carbonyl (C=O) groups excluding carboxylic acids is 1. The molecule has 6 N–H and O–H groups in total. The number of pyridine rings is 1. The van der Waals surface area contributed by atoms with Crippen LogP contribution in [0.15, 0.2) is 49.1 Å². The maximum Gasteiger partial charge on any atom is 0.524 e. The summed E-state index contributed by atoms with van der Waals surface area (Å²) in [5.41, 5.74) is 9.95. The molecule has 0 radical (unpaired) electrons. The Kier molecular flexibility index (Phi) is 10.8. The van der Waals surface area contributed by atoms with E-state index in [2.05, 4.69) is 28.3 Å². The highest BCUT2D eigenvalue weighted by molar-refractivity contribution is 7.46. The number of phenols is 1. The van der Waals surface area contributed by atoms with E-state index in [0.717, 1.165) is 54.4 Å². The summed E-state index contributed by atoms with van der Waals surface area (Å²) < 4.78 is 23.8. The van der Waals surface area contributed by atoms with Gasteiger partial charge in [-0.15, -0.1) is 0 Å². The summed E-state index contributed by atoms with van der Waals surface area (Å²) in [4.78, 5) is 39.2. The molecule has 0 unspecified atom stereocenters. The van der Waals surface area contributed by atoms with Crippen LogP contribution in [0, 0.1) is 0 Å². The van der Waals surface area contributed by atoms with E-state index in [-0.39, 0.29) is 24.0 Å². The van der Waals surface area contributed by atoms with Crippen molar-refractivity contribution >= 4 is 41.5 Å². The van der Waals surface area contributed by atoms with Crippen molar-refractivity contribution < 1.29 is 33.5 Å². The number of ether oxygens (including phenoxy) is 1. The molecule has 12 nitrogen and oxygen atoms in total. The van der Waals surface area contributed by atoms with Gasteiger partial charge in [0.1, 0.15) is 11.3 Å². The molecule has 0 saturated carbocycles. The predicted octanol–water partition coefficient (Wildman–Crippen LogP) is 4.38. The Hall–Kier alpha value is -3.96. The molecule has 0 aliphatic rings. The number of nitrogens with one attached hydrogen (secondary N) is 1. The highest BCUT2D eigenvalue weighted by Gasteiger charge is 2.22. The smallest absolute Gasteiger partial charge is 0.504 e. The number of carbonyl (C=O) groups is 1. The molecule has 4 rings (SSSR count). The highest BCUT2D eigenvalue weighted by atomic mass is 31.2. The predicted molar refractivity (Wildman–Crippen MR) is 165 cm³/mol. The minimum absolute atomic E-state index is 0.175. The van der Waals surface area contributed by atoms with Crippen LogP contribution in [0.2, 0.25) is 0 Å². The third-order valence-corrected chi connectivity index (χ3v) is 7.37. The highest BCUT2D eigenvalue weighted by Crippen LogP contribution is 2.43. The summed E-state index contributed by atoms with van der Waals surface area (Å²) in [6, 6.07) is 10.6. The molecule has 0 aliphatic carbocycles. The number of hydrogen-bond donors (Lipinski definition) is 5. The van der Waals surface area contributed by atoms with Crippen LogP contribution >= 0.6 is 7.82 Å². The van der Waals surface area contributed by atoms with E-state index < -0.39 is 7.82 Å². The first kappa shape index (κ1) is 32.0. The van der Waals surface area contributed by atoms with E-state index in [9.17, 15) is 24.3 Å². The SMILES string of the molecule is C=CC(=O)NCCCOCCCc1ccc2c(c1)nc(N)c1nc(CCCC)n(Cc3cccc(OP(=O)(O)O)c3O)c12. The molecule has 1 amide bonds. The first-order chi connectivity index (χ1) is 20.6. The molecular formula is C30H38N5O7P. The molecule has 0 aliphatic heterocycles. The number of nitrogens with zero attached hydrogens (tertiary/aromatic N) is 3. The second kappa shape index (κ2) is 14.5. The maximum atomic E-state index is 11.4. The number of rotatable bonds is 16. The number of anilines is 1. The third-order valence-electron chi connectivity index (χ3n) is 6.93. The summed E-state index contributed by atoms with van der Waals surface area (Å²) >= 11 is 0. The fourth-order valence-electron chi connectivity index (χ4n) is 4.86. The van der Waals surface area contributed by atoms with Crippen molar-refractivity contribution in [1.82, 2.24) is 19.9 Å². The van der Waals surface area contributed by atoms with Crippen molar-refractivity contribution in [2.75, 3.05) is 25.5 Å². The molecule has 0 bridgehead atoms. The second-order valence-corrected chi connectivity index (χ2v) is 11.3. The molecule has 2 aromatic carbocycles. The molecule has 0 saturated heterocycles. The number of hydrogen-bond acceptors (Lipinski definition) is 8. The lowest BCUT2D eigenvalue weighted by Gasteiger charge is -2.15. The van der Waals surface area contributed by atoms with Crippen LogP contribution < -0.4 is 15.6 Å². The van der Waals surface area contributed by atoms with Crippen LogP contribution in [0.5, 0.6) is 11.5 Å². The topological polar surface area (TPSA) is 182 Å². The Morgan fingerprint density at radius 1 is 1.14 bits per heavy atom. The number of nitrogens with two attached hydrogens (primary N) is 1. The van der Waals surface area contributed by atoms with E-state index in [1.54, 1.807) is 12.1 Å². The number of fused-ring (bicyclic) bond motifs is 3. The Morgan fingerprint density at radius 2 is 1.93 bits per heavy atom. The van der Waals surface area contributed by atoms with Crippen LogP contribution in [0.3, 0.4) is 0 Å². The van der Waals surface area contributed by atoms with Gasteiger partial charge in [0.05, 0.1) is 17.6 Å². The van der Waals surface area contributed by atoms with Crippen molar-refractivity contribution in [2.24, 2.45) is 0 Å². The zero-order valence-electron chi connectivity index (χ0n) is 24.2. The minimum Gasteiger partial charge on any atom is -0.504 e. The van der Waals surface area contributed by atoms with Gasteiger partial charge in [0.25, 0.3) is 0 Å². The van der Waals surface area contributed by atoms with E-state index in [0.29, 0.717) is 48.6 Å². The van der Waals surface area contributed by atoms with Crippen molar-refractivity contribution in [3.8, 4) is 11.5 Å². The summed E-state index contributed by atoms with van der Waals surface area (Å²) in [5, 5.41) is 14.4. The third kappa shape index (κ3) is 8.32. The number of phosphoric acid groups is 1.